The number of carbonyl (C=O) groups is 1. The number of rotatable bonds is 3. The first-order chi connectivity index (χ1) is 9.63. The number of Topliss-reactive ketones (excluding diaryl/α,β-unsaturated/α-hetero) is 1. The van der Waals surface area contributed by atoms with Crippen LogP contribution in [0, 0.1) is 0 Å². The monoisotopic (exact) mass is 303 g/mol. The van der Waals surface area contributed by atoms with E-state index in [0.29, 0.717) is 15.6 Å². The Balaban J connectivity index is 1.93. The summed E-state index contributed by atoms with van der Waals surface area (Å²) < 4.78 is 1.89. The Morgan fingerprint density at radius 3 is 2.60 bits per heavy atom. The van der Waals surface area contributed by atoms with Gasteiger partial charge in [-0.1, -0.05) is 41.4 Å². The summed E-state index contributed by atoms with van der Waals surface area (Å²) in [4.78, 5) is 12.3. The van der Waals surface area contributed by atoms with E-state index in [1.54, 1.807) is 24.3 Å². The number of benzene rings is 2. The average Bonchev–Trinajstić information content (AvgIpc) is 2.81. The van der Waals surface area contributed by atoms with E-state index in [2.05, 4.69) is 0 Å². The fourth-order valence-electron chi connectivity index (χ4n) is 2.20. The standard InChI is InChI=1S/C16H11Cl2NO/c17-13-3-1-2-12(8-13)16(20)10-19-7-6-11-4-5-14(18)9-15(11)19/h1-9H,10H2. The maximum Gasteiger partial charge on any atom is 0.182 e. The molecule has 20 heavy (non-hydrogen) atoms. The molecule has 100 valence electrons. The Labute approximate surface area is 126 Å². The summed E-state index contributed by atoms with van der Waals surface area (Å²) in [5, 5.41) is 2.29. The molecule has 4 heteroatoms. The fraction of sp³-hybridized carbons (Fsp3) is 0.0625. The van der Waals surface area contributed by atoms with Crippen LogP contribution in [-0.2, 0) is 6.54 Å². The molecular formula is C16H11Cl2NO. The third kappa shape index (κ3) is 2.58. The smallest absolute Gasteiger partial charge is 0.182 e. The highest BCUT2D eigenvalue weighted by Gasteiger charge is 2.09. The van der Waals surface area contributed by atoms with E-state index in [1.165, 1.54) is 0 Å². The Morgan fingerprint density at radius 2 is 1.80 bits per heavy atom. The third-order valence-electron chi connectivity index (χ3n) is 3.20. The molecule has 0 amide bonds. The summed E-state index contributed by atoms with van der Waals surface area (Å²) in [6.45, 7) is 0.268. The van der Waals surface area contributed by atoms with E-state index < -0.39 is 0 Å². The van der Waals surface area contributed by atoms with E-state index in [-0.39, 0.29) is 12.3 Å². The number of hydrogen-bond donors (Lipinski definition) is 0. The highest BCUT2D eigenvalue weighted by molar-refractivity contribution is 6.31. The summed E-state index contributed by atoms with van der Waals surface area (Å²) in [7, 11) is 0. The first-order valence-electron chi connectivity index (χ1n) is 6.17. The second-order valence-corrected chi connectivity index (χ2v) is 5.45. The molecule has 2 aromatic carbocycles. The lowest BCUT2D eigenvalue weighted by Gasteiger charge is -2.05. The van der Waals surface area contributed by atoms with Crippen LogP contribution in [0.15, 0.2) is 54.7 Å². The molecule has 0 saturated carbocycles. The first kappa shape index (κ1) is 13.2. The summed E-state index contributed by atoms with van der Waals surface area (Å²) in [5.41, 5.74) is 1.56. The van der Waals surface area contributed by atoms with Gasteiger partial charge in [0.15, 0.2) is 5.78 Å². The molecule has 0 fully saturated rings. The van der Waals surface area contributed by atoms with Gasteiger partial charge in [-0.3, -0.25) is 4.79 Å². The highest BCUT2D eigenvalue weighted by atomic mass is 35.5. The molecule has 0 radical (unpaired) electrons. The lowest BCUT2D eigenvalue weighted by molar-refractivity contribution is 0.0973. The minimum absolute atomic E-state index is 0.0185. The lowest BCUT2D eigenvalue weighted by atomic mass is 10.1. The van der Waals surface area contributed by atoms with Crippen LogP contribution in [0.2, 0.25) is 10.0 Å². The van der Waals surface area contributed by atoms with Gasteiger partial charge in [0, 0.05) is 27.3 Å². The largest absolute Gasteiger partial charge is 0.340 e. The van der Waals surface area contributed by atoms with Crippen LogP contribution in [0.5, 0.6) is 0 Å². The van der Waals surface area contributed by atoms with Crippen LogP contribution in [0.25, 0.3) is 10.9 Å². The number of nitrogens with zero attached hydrogens (tertiary/aromatic N) is 1. The van der Waals surface area contributed by atoms with Gasteiger partial charge in [0.2, 0.25) is 0 Å². The SMILES string of the molecule is O=C(Cn1ccc2ccc(Cl)cc21)c1cccc(Cl)c1. The van der Waals surface area contributed by atoms with Crippen molar-refractivity contribution < 1.29 is 4.79 Å². The Bertz CT molecular complexity index is 792. The van der Waals surface area contributed by atoms with Gasteiger partial charge in [-0.2, -0.15) is 0 Å². The molecule has 0 aliphatic rings. The zero-order chi connectivity index (χ0) is 14.1. The Morgan fingerprint density at radius 1 is 1.00 bits per heavy atom. The van der Waals surface area contributed by atoms with Gasteiger partial charge in [0.25, 0.3) is 0 Å². The molecule has 3 aromatic rings. The van der Waals surface area contributed by atoms with Crippen molar-refractivity contribution in [2.45, 2.75) is 6.54 Å². The number of hydrogen-bond acceptors (Lipinski definition) is 1. The molecular weight excluding hydrogens is 293 g/mol. The van der Waals surface area contributed by atoms with E-state index >= 15 is 0 Å². The molecule has 0 spiro atoms. The molecule has 0 atom stereocenters. The van der Waals surface area contributed by atoms with Crippen LogP contribution < -0.4 is 0 Å². The second kappa shape index (κ2) is 5.31. The normalized spacial score (nSPS) is 10.9. The summed E-state index contributed by atoms with van der Waals surface area (Å²) >= 11 is 11.9. The van der Waals surface area contributed by atoms with Gasteiger partial charge in [-0.05, 0) is 35.7 Å². The highest BCUT2D eigenvalue weighted by Crippen LogP contribution is 2.21. The first-order valence-corrected chi connectivity index (χ1v) is 6.92. The summed E-state index contributed by atoms with van der Waals surface area (Å²) in [5.74, 6) is 0.0185. The topological polar surface area (TPSA) is 22.0 Å². The van der Waals surface area contributed by atoms with Gasteiger partial charge >= 0.3 is 0 Å². The zero-order valence-electron chi connectivity index (χ0n) is 10.5. The van der Waals surface area contributed by atoms with Crippen molar-refractivity contribution in [2.75, 3.05) is 0 Å². The van der Waals surface area contributed by atoms with Crippen molar-refractivity contribution in [2.24, 2.45) is 0 Å². The van der Waals surface area contributed by atoms with Crippen LogP contribution in [0.3, 0.4) is 0 Å². The van der Waals surface area contributed by atoms with Gasteiger partial charge < -0.3 is 4.57 Å². The molecule has 0 bridgehead atoms. The number of fused-ring (bicyclic) bond motifs is 1. The minimum atomic E-state index is 0.0185. The summed E-state index contributed by atoms with van der Waals surface area (Å²) in [6, 6.07) is 14.6. The maximum absolute atomic E-state index is 12.3. The average molecular weight is 304 g/mol. The van der Waals surface area contributed by atoms with Gasteiger partial charge in [0.05, 0.1) is 6.54 Å². The van der Waals surface area contributed by atoms with Crippen LogP contribution in [0.4, 0.5) is 0 Å². The molecule has 3 rings (SSSR count). The lowest BCUT2D eigenvalue weighted by Crippen LogP contribution is -2.09. The van der Waals surface area contributed by atoms with Crippen molar-refractivity contribution in [3.05, 3.63) is 70.3 Å². The Hall–Kier alpha value is -1.77. The quantitative estimate of drug-likeness (QED) is 0.635. The number of carbonyl (C=O) groups excluding carboxylic acids is 1. The van der Waals surface area contributed by atoms with Crippen molar-refractivity contribution in [3.8, 4) is 0 Å². The van der Waals surface area contributed by atoms with Crippen molar-refractivity contribution in [1.29, 1.82) is 0 Å². The minimum Gasteiger partial charge on any atom is -0.340 e. The van der Waals surface area contributed by atoms with Gasteiger partial charge in [0.1, 0.15) is 0 Å². The molecule has 0 aliphatic heterocycles. The second-order valence-electron chi connectivity index (χ2n) is 4.58. The van der Waals surface area contributed by atoms with E-state index in [9.17, 15) is 4.79 Å². The van der Waals surface area contributed by atoms with Crippen LogP contribution in [0.1, 0.15) is 10.4 Å². The van der Waals surface area contributed by atoms with Crippen molar-refractivity contribution >= 4 is 39.9 Å². The molecule has 1 heterocycles. The number of ketones is 1. The van der Waals surface area contributed by atoms with Crippen LogP contribution in [-0.4, -0.2) is 10.4 Å². The zero-order valence-corrected chi connectivity index (χ0v) is 12.0. The van der Waals surface area contributed by atoms with Crippen molar-refractivity contribution in [3.63, 3.8) is 0 Å². The molecule has 0 aliphatic carbocycles. The molecule has 0 saturated heterocycles. The number of aromatic nitrogens is 1. The third-order valence-corrected chi connectivity index (χ3v) is 3.67. The molecule has 0 unspecified atom stereocenters. The fourth-order valence-corrected chi connectivity index (χ4v) is 2.56. The summed E-state index contributed by atoms with van der Waals surface area (Å²) in [6.07, 6.45) is 1.89. The molecule has 2 nitrogen and oxygen atoms in total. The predicted molar refractivity (Wildman–Crippen MR) is 82.7 cm³/mol. The predicted octanol–water partition coefficient (Wildman–Crippen LogP) is 4.83. The maximum atomic E-state index is 12.3. The van der Waals surface area contributed by atoms with E-state index in [1.807, 2.05) is 35.0 Å². The molecule has 0 N–H and O–H groups in total. The number of halogens is 2. The molecule has 1 aromatic heterocycles. The van der Waals surface area contributed by atoms with Gasteiger partial charge in [-0.15, -0.1) is 0 Å². The Kier molecular flexibility index (Phi) is 3.51. The van der Waals surface area contributed by atoms with E-state index in [0.717, 1.165) is 10.9 Å². The van der Waals surface area contributed by atoms with E-state index in [4.69, 9.17) is 23.2 Å². The van der Waals surface area contributed by atoms with Crippen molar-refractivity contribution in [1.82, 2.24) is 4.57 Å². The van der Waals surface area contributed by atoms with Crippen LogP contribution >= 0.6 is 23.2 Å². The van der Waals surface area contributed by atoms with Gasteiger partial charge in [-0.25, -0.2) is 0 Å².